The van der Waals surface area contributed by atoms with Crippen LogP contribution < -0.4 is 16.1 Å². The normalized spacial score (nSPS) is 14.0. The van der Waals surface area contributed by atoms with Crippen molar-refractivity contribution < 1.29 is 13.6 Å². The predicted octanol–water partition coefficient (Wildman–Crippen LogP) is 1.57. The summed E-state index contributed by atoms with van der Waals surface area (Å²) in [7, 11) is 1.63. The highest BCUT2D eigenvalue weighted by Crippen LogP contribution is 2.20. The van der Waals surface area contributed by atoms with Gasteiger partial charge in [-0.1, -0.05) is 24.3 Å². The van der Waals surface area contributed by atoms with Gasteiger partial charge in [-0.15, -0.1) is 0 Å². The maximum Gasteiger partial charge on any atom is 0.332 e. The number of halogens is 2. The summed E-state index contributed by atoms with van der Waals surface area (Å²) in [5, 5.41) is 4.20. The number of aromatic nitrogens is 4. The van der Waals surface area contributed by atoms with Crippen molar-refractivity contribution in [1.82, 2.24) is 23.8 Å². The summed E-state index contributed by atoms with van der Waals surface area (Å²) < 4.78 is 31.1. The number of para-hydroxylation sites is 1. The van der Waals surface area contributed by atoms with Gasteiger partial charge in [0.05, 0.1) is 17.7 Å². The Bertz CT molecular complexity index is 1550. The fourth-order valence-electron chi connectivity index (χ4n) is 4.49. The van der Waals surface area contributed by atoms with Crippen LogP contribution in [0.3, 0.4) is 0 Å². The molecule has 2 aromatic carbocycles. The zero-order valence-electron chi connectivity index (χ0n) is 19.6. The molecule has 4 aromatic rings. The number of carbonyl (C=O) groups is 1. The first-order valence-electron chi connectivity index (χ1n) is 11.5. The molecular formula is C25H24F2N6O3. The molecule has 1 fully saturated rings. The lowest BCUT2D eigenvalue weighted by Crippen LogP contribution is -2.51. The van der Waals surface area contributed by atoms with E-state index in [1.807, 2.05) is 4.90 Å². The first-order chi connectivity index (χ1) is 17.3. The Morgan fingerprint density at radius 2 is 1.64 bits per heavy atom. The third-order valence-electron chi connectivity index (χ3n) is 6.38. The summed E-state index contributed by atoms with van der Waals surface area (Å²) in [5.41, 5.74) is 0.154. The third-order valence-corrected chi connectivity index (χ3v) is 6.38. The summed E-state index contributed by atoms with van der Waals surface area (Å²) in [4.78, 5) is 43.1. The highest BCUT2D eigenvalue weighted by Gasteiger charge is 2.25. The topological polar surface area (TPSA) is 85.4 Å². The second-order valence-electron chi connectivity index (χ2n) is 8.74. The maximum absolute atomic E-state index is 14.1. The van der Waals surface area contributed by atoms with E-state index >= 15 is 0 Å². The van der Waals surface area contributed by atoms with Crippen LogP contribution in [-0.4, -0.2) is 55.9 Å². The minimum Gasteiger partial charge on any atom is -0.366 e. The number of hydrogen-bond donors (Lipinski definition) is 0. The molecule has 1 aliphatic rings. The number of aryl methyl sites for hydroxylation is 1. The SMILES string of the molecule is Cn1cc2c(n1)c(=O)n(Cc1ccc(F)cc1)c(=O)n2CC(=O)N1CCN(c2ccccc2F)CC1. The van der Waals surface area contributed by atoms with Crippen molar-refractivity contribution in [2.24, 2.45) is 7.05 Å². The maximum atomic E-state index is 14.1. The van der Waals surface area contributed by atoms with E-state index < -0.39 is 17.1 Å². The summed E-state index contributed by atoms with van der Waals surface area (Å²) in [6.45, 7) is 1.28. The molecule has 36 heavy (non-hydrogen) atoms. The molecule has 186 valence electrons. The van der Waals surface area contributed by atoms with Crippen LogP contribution in [0.5, 0.6) is 0 Å². The molecule has 0 atom stereocenters. The fraction of sp³-hybridized carbons (Fsp3) is 0.280. The van der Waals surface area contributed by atoms with Crippen LogP contribution in [0.1, 0.15) is 5.56 Å². The molecule has 0 spiro atoms. The molecule has 3 heterocycles. The van der Waals surface area contributed by atoms with E-state index in [0.717, 1.165) is 4.57 Å². The fourth-order valence-corrected chi connectivity index (χ4v) is 4.49. The van der Waals surface area contributed by atoms with Crippen LogP contribution in [0.4, 0.5) is 14.5 Å². The van der Waals surface area contributed by atoms with Gasteiger partial charge in [-0.05, 0) is 29.8 Å². The van der Waals surface area contributed by atoms with Gasteiger partial charge in [-0.3, -0.25) is 23.4 Å². The Morgan fingerprint density at radius 3 is 2.33 bits per heavy atom. The molecule has 5 rings (SSSR count). The molecule has 0 N–H and O–H groups in total. The van der Waals surface area contributed by atoms with E-state index in [2.05, 4.69) is 5.10 Å². The van der Waals surface area contributed by atoms with Crippen molar-refractivity contribution in [3.63, 3.8) is 0 Å². The highest BCUT2D eigenvalue weighted by atomic mass is 19.1. The van der Waals surface area contributed by atoms with Gasteiger partial charge in [0.2, 0.25) is 5.91 Å². The number of amides is 1. The molecule has 0 saturated carbocycles. The van der Waals surface area contributed by atoms with Gasteiger partial charge < -0.3 is 9.80 Å². The van der Waals surface area contributed by atoms with Crippen LogP contribution in [0.2, 0.25) is 0 Å². The molecule has 11 heteroatoms. The van der Waals surface area contributed by atoms with Crippen molar-refractivity contribution in [1.29, 1.82) is 0 Å². The van der Waals surface area contributed by atoms with Crippen LogP contribution in [0, 0.1) is 11.6 Å². The summed E-state index contributed by atoms with van der Waals surface area (Å²) in [6, 6.07) is 12.0. The standard InChI is InChI=1S/C25H24F2N6O3/c1-29-15-21-23(28-29)24(35)33(14-17-6-8-18(26)9-7-17)25(36)32(21)16-22(34)31-12-10-30(11-13-31)20-5-3-2-4-19(20)27/h2-9,15H,10-14,16H2,1H3. The van der Waals surface area contributed by atoms with Crippen LogP contribution >= 0.6 is 0 Å². The smallest absolute Gasteiger partial charge is 0.332 e. The Kier molecular flexibility index (Phi) is 6.13. The van der Waals surface area contributed by atoms with Crippen molar-refractivity contribution >= 4 is 22.6 Å². The number of rotatable bonds is 5. The van der Waals surface area contributed by atoms with Gasteiger partial charge in [0.25, 0.3) is 5.56 Å². The largest absolute Gasteiger partial charge is 0.366 e. The molecular weight excluding hydrogens is 470 g/mol. The van der Waals surface area contributed by atoms with Crippen LogP contribution in [0.15, 0.2) is 64.3 Å². The predicted molar refractivity (Wildman–Crippen MR) is 130 cm³/mol. The third kappa shape index (κ3) is 4.39. The zero-order chi connectivity index (χ0) is 25.4. The quantitative estimate of drug-likeness (QED) is 0.421. The average molecular weight is 495 g/mol. The number of nitrogens with zero attached hydrogens (tertiary/aromatic N) is 6. The van der Waals surface area contributed by atoms with Gasteiger partial charge in [0.1, 0.15) is 18.2 Å². The number of piperazine rings is 1. The van der Waals surface area contributed by atoms with Gasteiger partial charge >= 0.3 is 5.69 Å². The van der Waals surface area contributed by atoms with Gasteiger partial charge in [0, 0.05) is 39.4 Å². The molecule has 0 bridgehead atoms. The number of fused-ring (bicyclic) bond motifs is 1. The van der Waals surface area contributed by atoms with Crippen molar-refractivity contribution in [3.8, 4) is 0 Å². The second kappa shape index (κ2) is 9.40. The number of hydrogen-bond acceptors (Lipinski definition) is 5. The first kappa shape index (κ1) is 23.5. The van der Waals surface area contributed by atoms with E-state index in [-0.39, 0.29) is 35.8 Å². The second-order valence-corrected chi connectivity index (χ2v) is 8.74. The Morgan fingerprint density at radius 1 is 0.944 bits per heavy atom. The van der Waals surface area contributed by atoms with E-state index in [9.17, 15) is 23.2 Å². The highest BCUT2D eigenvalue weighted by molar-refractivity contribution is 5.80. The molecule has 9 nitrogen and oxygen atoms in total. The van der Waals surface area contributed by atoms with Crippen molar-refractivity contribution in [3.05, 3.63) is 92.8 Å². The Balaban J connectivity index is 1.41. The van der Waals surface area contributed by atoms with Gasteiger partial charge in [0.15, 0.2) is 5.52 Å². The minimum absolute atomic E-state index is 0.0661. The van der Waals surface area contributed by atoms with E-state index in [1.165, 1.54) is 45.8 Å². The van der Waals surface area contributed by atoms with Crippen molar-refractivity contribution in [2.75, 3.05) is 31.1 Å². The lowest BCUT2D eigenvalue weighted by molar-refractivity contribution is -0.132. The van der Waals surface area contributed by atoms with Crippen molar-refractivity contribution in [2.45, 2.75) is 13.1 Å². The van der Waals surface area contributed by atoms with Crippen LogP contribution in [-0.2, 0) is 24.9 Å². The Labute approximate surface area is 204 Å². The van der Waals surface area contributed by atoms with E-state index in [1.54, 1.807) is 30.1 Å². The molecule has 1 aliphatic heterocycles. The lowest BCUT2D eigenvalue weighted by atomic mass is 10.2. The van der Waals surface area contributed by atoms with Gasteiger partial charge in [-0.25, -0.2) is 13.6 Å². The monoisotopic (exact) mass is 494 g/mol. The number of carbonyl (C=O) groups excluding carboxylic acids is 1. The minimum atomic E-state index is -0.650. The summed E-state index contributed by atoms with van der Waals surface area (Å²) >= 11 is 0. The molecule has 0 radical (unpaired) electrons. The first-order valence-corrected chi connectivity index (χ1v) is 11.5. The molecule has 2 aromatic heterocycles. The lowest BCUT2D eigenvalue weighted by Gasteiger charge is -2.36. The van der Waals surface area contributed by atoms with Crippen LogP contribution in [0.25, 0.3) is 11.0 Å². The Hall–Kier alpha value is -4.28. The zero-order valence-corrected chi connectivity index (χ0v) is 19.6. The molecule has 0 unspecified atom stereocenters. The number of anilines is 1. The molecule has 1 amide bonds. The average Bonchev–Trinajstić information content (AvgIpc) is 3.27. The summed E-state index contributed by atoms with van der Waals surface area (Å²) in [5.74, 6) is -1.03. The number of benzene rings is 2. The van der Waals surface area contributed by atoms with E-state index in [4.69, 9.17) is 0 Å². The van der Waals surface area contributed by atoms with E-state index in [0.29, 0.717) is 37.4 Å². The van der Waals surface area contributed by atoms with Gasteiger partial charge in [-0.2, -0.15) is 5.10 Å². The summed E-state index contributed by atoms with van der Waals surface area (Å²) in [6.07, 6.45) is 1.53. The molecule has 1 saturated heterocycles. The molecule has 0 aliphatic carbocycles.